The molecule has 1 N–H and O–H groups in total. The molecule has 0 unspecified atom stereocenters. The molecule has 1 aliphatic rings. The molecule has 148 valence electrons. The molecule has 0 fully saturated rings. The van der Waals surface area contributed by atoms with Crippen molar-refractivity contribution in [2.45, 2.75) is 4.90 Å². The molecule has 1 heterocycles. The van der Waals surface area contributed by atoms with Crippen molar-refractivity contribution in [2.75, 3.05) is 27.6 Å². The highest BCUT2D eigenvalue weighted by Crippen LogP contribution is 2.32. The van der Waals surface area contributed by atoms with Crippen LogP contribution < -0.4 is 18.9 Å². The lowest BCUT2D eigenvalue weighted by molar-refractivity contribution is 0.0474. The maximum atomic E-state index is 12.3. The van der Waals surface area contributed by atoms with E-state index in [1.165, 1.54) is 38.4 Å². The van der Waals surface area contributed by atoms with E-state index in [1.807, 2.05) is 0 Å². The number of esters is 1. The van der Waals surface area contributed by atoms with Crippen LogP contribution in [0.2, 0.25) is 0 Å². The third-order valence-electron chi connectivity index (χ3n) is 3.99. The van der Waals surface area contributed by atoms with Crippen molar-refractivity contribution in [1.82, 2.24) is 4.72 Å². The van der Waals surface area contributed by atoms with E-state index in [-0.39, 0.29) is 23.0 Å². The molecule has 10 heteroatoms. The van der Waals surface area contributed by atoms with Crippen molar-refractivity contribution < 1.29 is 37.0 Å². The minimum absolute atomic E-state index is 0.0342. The first-order chi connectivity index (χ1) is 13.4. The average Bonchev–Trinajstić information content (AvgIpc) is 3.19. The van der Waals surface area contributed by atoms with Crippen LogP contribution in [0, 0.1) is 0 Å². The van der Waals surface area contributed by atoms with Crippen molar-refractivity contribution in [3.8, 4) is 17.2 Å². The summed E-state index contributed by atoms with van der Waals surface area (Å²) in [6.07, 6.45) is 0. The zero-order valence-corrected chi connectivity index (χ0v) is 15.9. The van der Waals surface area contributed by atoms with Crippen LogP contribution in [0.5, 0.6) is 17.2 Å². The first-order valence-corrected chi connectivity index (χ1v) is 9.55. The molecule has 0 atom stereocenters. The molecule has 0 radical (unpaired) electrons. The van der Waals surface area contributed by atoms with Crippen molar-refractivity contribution in [3.63, 3.8) is 0 Å². The topological polar surface area (TPSA) is 117 Å². The number of hydrogen-bond acceptors (Lipinski definition) is 8. The van der Waals surface area contributed by atoms with Gasteiger partial charge in [-0.05, 0) is 43.4 Å². The Morgan fingerprint density at radius 3 is 2.50 bits per heavy atom. The highest BCUT2D eigenvalue weighted by atomic mass is 32.2. The summed E-state index contributed by atoms with van der Waals surface area (Å²) in [4.78, 5) is 24.3. The number of ether oxygens (including phenoxy) is 4. The number of benzene rings is 2. The van der Waals surface area contributed by atoms with E-state index in [0.29, 0.717) is 17.1 Å². The summed E-state index contributed by atoms with van der Waals surface area (Å²) >= 11 is 0. The number of carbonyl (C=O) groups is 2. The Bertz CT molecular complexity index is 1030. The summed E-state index contributed by atoms with van der Waals surface area (Å²) in [5.41, 5.74) is 0.262. The van der Waals surface area contributed by atoms with Crippen LogP contribution in [0.15, 0.2) is 41.3 Å². The Balaban J connectivity index is 1.73. The van der Waals surface area contributed by atoms with E-state index < -0.39 is 28.4 Å². The fourth-order valence-electron chi connectivity index (χ4n) is 2.49. The molecule has 2 aromatic rings. The minimum Gasteiger partial charge on any atom is -0.495 e. The van der Waals surface area contributed by atoms with Crippen LogP contribution in [-0.2, 0) is 14.8 Å². The largest absolute Gasteiger partial charge is 0.495 e. The van der Waals surface area contributed by atoms with Gasteiger partial charge >= 0.3 is 5.97 Å². The molecule has 0 saturated carbocycles. The molecule has 0 aromatic heterocycles. The molecule has 9 nitrogen and oxygen atoms in total. The number of nitrogens with one attached hydrogen (secondary N) is 1. The van der Waals surface area contributed by atoms with Crippen molar-refractivity contribution >= 4 is 21.8 Å². The van der Waals surface area contributed by atoms with Gasteiger partial charge in [-0.15, -0.1) is 0 Å². The molecular weight excluding hydrogens is 390 g/mol. The Morgan fingerprint density at radius 1 is 1.07 bits per heavy atom. The summed E-state index contributed by atoms with van der Waals surface area (Å²) < 4.78 is 46.7. The van der Waals surface area contributed by atoms with Crippen LogP contribution in [0.1, 0.15) is 20.7 Å². The Labute approximate surface area is 161 Å². The number of rotatable bonds is 7. The van der Waals surface area contributed by atoms with Crippen LogP contribution in [0.4, 0.5) is 0 Å². The van der Waals surface area contributed by atoms with E-state index >= 15 is 0 Å². The van der Waals surface area contributed by atoms with Gasteiger partial charge in [0.05, 0.1) is 12.7 Å². The number of carbonyl (C=O) groups excluding carboxylic acids is 2. The van der Waals surface area contributed by atoms with E-state index in [9.17, 15) is 18.0 Å². The van der Waals surface area contributed by atoms with Gasteiger partial charge in [0.15, 0.2) is 23.9 Å². The third-order valence-corrected chi connectivity index (χ3v) is 5.42. The number of fused-ring (bicyclic) bond motifs is 1. The number of methoxy groups -OCH3 is 1. The second kappa shape index (κ2) is 7.87. The van der Waals surface area contributed by atoms with Gasteiger partial charge in [0.2, 0.25) is 16.8 Å². The molecule has 0 amide bonds. The standard InChI is InChI=1S/C18H17NO8S/c1-19-28(22,23)17-8-12(4-6-15(17)24-2)18(21)25-9-13(20)11-3-5-14-16(7-11)27-10-26-14/h3-8,19H,9-10H2,1-2H3. The van der Waals surface area contributed by atoms with Gasteiger partial charge in [0.25, 0.3) is 0 Å². The number of hydrogen-bond donors (Lipinski definition) is 1. The lowest BCUT2D eigenvalue weighted by Gasteiger charge is -2.11. The van der Waals surface area contributed by atoms with Gasteiger partial charge in [-0.2, -0.15) is 0 Å². The van der Waals surface area contributed by atoms with Crippen molar-refractivity contribution in [3.05, 3.63) is 47.5 Å². The van der Waals surface area contributed by atoms with E-state index in [2.05, 4.69) is 4.72 Å². The van der Waals surface area contributed by atoms with Crippen LogP contribution >= 0.6 is 0 Å². The summed E-state index contributed by atoms with van der Waals surface area (Å²) in [6.45, 7) is -0.435. The third kappa shape index (κ3) is 3.92. The normalized spacial score (nSPS) is 12.5. The Hall–Kier alpha value is -3.11. The van der Waals surface area contributed by atoms with Crippen molar-refractivity contribution in [1.29, 1.82) is 0 Å². The fourth-order valence-corrected chi connectivity index (χ4v) is 3.41. The Kier molecular flexibility index (Phi) is 5.52. The predicted molar refractivity (Wildman–Crippen MR) is 96.4 cm³/mol. The first kappa shape index (κ1) is 19.6. The van der Waals surface area contributed by atoms with Gasteiger partial charge in [0.1, 0.15) is 10.6 Å². The molecular formula is C18H17NO8S. The highest BCUT2D eigenvalue weighted by molar-refractivity contribution is 7.89. The smallest absolute Gasteiger partial charge is 0.338 e. The first-order valence-electron chi connectivity index (χ1n) is 8.07. The SMILES string of the molecule is CNS(=O)(=O)c1cc(C(=O)OCC(=O)c2ccc3c(c2)OCO3)ccc1OC. The van der Waals surface area contributed by atoms with Crippen molar-refractivity contribution in [2.24, 2.45) is 0 Å². The summed E-state index contributed by atoms with van der Waals surface area (Å²) in [5.74, 6) is -0.242. The van der Waals surface area contributed by atoms with E-state index in [0.717, 1.165) is 6.07 Å². The molecule has 0 bridgehead atoms. The number of Topliss-reactive ketones (excluding diaryl/α,β-unsaturated/α-hetero) is 1. The molecule has 0 spiro atoms. The zero-order valence-electron chi connectivity index (χ0n) is 15.1. The quantitative estimate of drug-likeness (QED) is 0.540. The molecule has 3 rings (SSSR count). The van der Waals surface area contributed by atoms with Crippen LogP contribution in [0.3, 0.4) is 0 Å². The maximum absolute atomic E-state index is 12.3. The molecule has 2 aromatic carbocycles. The van der Waals surface area contributed by atoms with Gasteiger partial charge in [0, 0.05) is 5.56 Å². The summed E-state index contributed by atoms with van der Waals surface area (Å²) in [7, 11) is -1.30. The second-order valence-electron chi connectivity index (χ2n) is 5.64. The average molecular weight is 407 g/mol. The fraction of sp³-hybridized carbons (Fsp3) is 0.222. The lowest BCUT2D eigenvalue weighted by atomic mass is 10.1. The van der Waals surface area contributed by atoms with Gasteiger partial charge in [-0.25, -0.2) is 17.9 Å². The highest BCUT2D eigenvalue weighted by Gasteiger charge is 2.22. The summed E-state index contributed by atoms with van der Waals surface area (Å²) in [6, 6.07) is 8.44. The zero-order chi connectivity index (χ0) is 20.3. The monoisotopic (exact) mass is 407 g/mol. The minimum atomic E-state index is -3.85. The van der Waals surface area contributed by atoms with Crippen LogP contribution in [-0.4, -0.2) is 47.7 Å². The maximum Gasteiger partial charge on any atom is 0.338 e. The molecule has 28 heavy (non-hydrogen) atoms. The molecule has 0 saturated heterocycles. The number of ketones is 1. The molecule has 1 aliphatic heterocycles. The summed E-state index contributed by atoms with van der Waals surface area (Å²) in [5, 5.41) is 0. The van der Waals surface area contributed by atoms with E-state index in [1.54, 1.807) is 6.07 Å². The lowest BCUT2D eigenvalue weighted by Crippen LogP contribution is -2.20. The predicted octanol–water partition coefficient (Wildman–Crippen LogP) is 1.37. The van der Waals surface area contributed by atoms with Crippen LogP contribution in [0.25, 0.3) is 0 Å². The second-order valence-corrected chi connectivity index (χ2v) is 7.50. The Morgan fingerprint density at radius 2 is 1.79 bits per heavy atom. The van der Waals surface area contributed by atoms with Gasteiger partial charge < -0.3 is 18.9 Å². The van der Waals surface area contributed by atoms with Gasteiger partial charge in [-0.3, -0.25) is 4.79 Å². The number of sulfonamides is 1. The van der Waals surface area contributed by atoms with E-state index in [4.69, 9.17) is 18.9 Å². The van der Waals surface area contributed by atoms with Gasteiger partial charge in [-0.1, -0.05) is 0 Å². The molecule has 0 aliphatic carbocycles.